The number of anilines is 1. The Labute approximate surface area is 165 Å². The normalized spacial score (nSPS) is 28.7. The molecular formula is C22H26N2O4. The van der Waals surface area contributed by atoms with Gasteiger partial charge in [-0.1, -0.05) is 24.3 Å². The number of hydrogen-bond donors (Lipinski definition) is 0. The van der Waals surface area contributed by atoms with Gasteiger partial charge in [-0.15, -0.1) is 6.58 Å². The van der Waals surface area contributed by atoms with Crippen molar-refractivity contribution < 1.29 is 19.1 Å². The molecule has 28 heavy (non-hydrogen) atoms. The molecule has 2 amide bonds. The maximum Gasteiger partial charge on any atom is 0.412 e. The summed E-state index contributed by atoms with van der Waals surface area (Å²) in [6.45, 7) is 9.61. The monoisotopic (exact) mass is 382 g/mol. The number of carbonyl (C=O) groups is 3. The summed E-state index contributed by atoms with van der Waals surface area (Å²) in [6.07, 6.45) is 2.69. The lowest BCUT2D eigenvalue weighted by Crippen LogP contribution is -2.75. The van der Waals surface area contributed by atoms with E-state index in [4.69, 9.17) is 4.74 Å². The molecule has 148 valence electrons. The van der Waals surface area contributed by atoms with E-state index in [0.717, 1.165) is 11.3 Å². The zero-order valence-electron chi connectivity index (χ0n) is 16.7. The Morgan fingerprint density at radius 1 is 1.25 bits per heavy atom. The SMILES string of the molecule is C=CC[C@]12CCN(C(=O)OC(C)(C)C)[C@@]3(CCC(=O)N3c3ccccc31)C2=O. The van der Waals surface area contributed by atoms with Crippen molar-refractivity contribution in [2.45, 2.75) is 63.1 Å². The molecule has 3 aliphatic heterocycles. The second-order valence-electron chi connectivity index (χ2n) is 8.85. The molecule has 2 fully saturated rings. The predicted molar refractivity (Wildman–Crippen MR) is 105 cm³/mol. The van der Waals surface area contributed by atoms with Crippen LogP contribution in [-0.4, -0.2) is 40.5 Å². The number of rotatable bonds is 2. The number of likely N-dealkylation sites (tertiary alicyclic amines) is 1. The van der Waals surface area contributed by atoms with Gasteiger partial charge in [0.1, 0.15) is 5.60 Å². The lowest BCUT2D eigenvalue weighted by atomic mass is 9.62. The number of fused-ring (bicyclic) bond motifs is 4. The zero-order chi connectivity index (χ0) is 20.3. The Morgan fingerprint density at radius 2 is 1.96 bits per heavy atom. The average molecular weight is 382 g/mol. The van der Waals surface area contributed by atoms with Crippen LogP contribution in [0.3, 0.4) is 0 Å². The average Bonchev–Trinajstić information content (AvgIpc) is 2.94. The summed E-state index contributed by atoms with van der Waals surface area (Å²) < 4.78 is 5.61. The molecule has 1 aromatic rings. The van der Waals surface area contributed by atoms with Crippen molar-refractivity contribution in [1.82, 2.24) is 4.90 Å². The van der Waals surface area contributed by atoms with Crippen LogP contribution in [-0.2, 0) is 19.7 Å². The van der Waals surface area contributed by atoms with Crippen molar-refractivity contribution in [3.63, 3.8) is 0 Å². The van der Waals surface area contributed by atoms with Crippen LogP contribution in [0.4, 0.5) is 10.5 Å². The van der Waals surface area contributed by atoms with Gasteiger partial charge in [-0.05, 0) is 45.2 Å². The van der Waals surface area contributed by atoms with Crippen molar-refractivity contribution in [2.24, 2.45) is 0 Å². The molecule has 2 bridgehead atoms. The summed E-state index contributed by atoms with van der Waals surface area (Å²) in [4.78, 5) is 43.0. The van der Waals surface area contributed by atoms with Crippen molar-refractivity contribution in [2.75, 3.05) is 11.4 Å². The fourth-order valence-electron chi connectivity index (χ4n) is 5.06. The van der Waals surface area contributed by atoms with E-state index in [0.29, 0.717) is 19.4 Å². The zero-order valence-corrected chi connectivity index (χ0v) is 16.7. The molecule has 0 aromatic heterocycles. The Kier molecular flexibility index (Phi) is 3.97. The fourth-order valence-corrected chi connectivity index (χ4v) is 5.06. The minimum Gasteiger partial charge on any atom is -0.444 e. The number of hydrogen-bond acceptors (Lipinski definition) is 4. The van der Waals surface area contributed by atoms with Gasteiger partial charge in [0.25, 0.3) is 0 Å². The molecular weight excluding hydrogens is 356 g/mol. The number of carbonyl (C=O) groups excluding carboxylic acids is 3. The highest BCUT2D eigenvalue weighted by molar-refractivity contribution is 6.16. The van der Waals surface area contributed by atoms with Gasteiger partial charge < -0.3 is 4.74 Å². The maximum absolute atomic E-state index is 14.0. The highest BCUT2D eigenvalue weighted by Crippen LogP contribution is 2.56. The van der Waals surface area contributed by atoms with Gasteiger partial charge in [-0.25, -0.2) is 4.79 Å². The van der Waals surface area contributed by atoms with Gasteiger partial charge in [0.05, 0.1) is 11.1 Å². The number of allylic oxidation sites excluding steroid dienone is 1. The van der Waals surface area contributed by atoms with Crippen molar-refractivity contribution in [1.29, 1.82) is 0 Å². The van der Waals surface area contributed by atoms with Crippen LogP contribution in [0.5, 0.6) is 0 Å². The van der Waals surface area contributed by atoms with Gasteiger partial charge in [-0.2, -0.15) is 0 Å². The molecule has 2 atom stereocenters. The Bertz CT molecular complexity index is 887. The second-order valence-corrected chi connectivity index (χ2v) is 8.85. The topological polar surface area (TPSA) is 66.9 Å². The molecule has 3 aliphatic rings. The number of amides is 2. The number of ketones is 1. The van der Waals surface area contributed by atoms with Crippen molar-refractivity contribution in [3.8, 4) is 0 Å². The molecule has 0 aliphatic carbocycles. The van der Waals surface area contributed by atoms with Gasteiger partial charge in [0, 0.05) is 19.4 Å². The van der Waals surface area contributed by atoms with Gasteiger partial charge >= 0.3 is 6.09 Å². The lowest BCUT2D eigenvalue weighted by Gasteiger charge is -2.58. The molecule has 4 rings (SSSR count). The highest BCUT2D eigenvalue weighted by atomic mass is 16.6. The number of para-hydroxylation sites is 1. The van der Waals surface area contributed by atoms with E-state index in [-0.39, 0.29) is 24.5 Å². The van der Waals surface area contributed by atoms with E-state index in [1.165, 1.54) is 4.90 Å². The number of Topliss-reactive ketones (excluding diaryl/α,β-unsaturated/α-hetero) is 1. The number of ether oxygens (including phenoxy) is 1. The van der Waals surface area contributed by atoms with Crippen LogP contribution in [0.25, 0.3) is 0 Å². The third-order valence-electron chi connectivity index (χ3n) is 6.08. The summed E-state index contributed by atoms with van der Waals surface area (Å²) in [7, 11) is 0. The second kappa shape index (κ2) is 5.93. The Hall–Kier alpha value is -2.63. The van der Waals surface area contributed by atoms with Crippen LogP contribution in [0.1, 0.15) is 52.0 Å². The summed E-state index contributed by atoms with van der Waals surface area (Å²) >= 11 is 0. The van der Waals surface area contributed by atoms with Crippen LogP contribution >= 0.6 is 0 Å². The first-order valence-electron chi connectivity index (χ1n) is 9.76. The number of nitrogens with zero attached hydrogens (tertiary/aromatic N) is 2. The number of benzene rings is 1. The highest BCUT2D eigenvalue weighted by Gasteiger charge is 2.69. The van der Waals surface area contributed by atoms with E-state index < -0.39 is 22.8 Å². The molecule has 0 N–H and O–H groups in total. The Morgan fingerprint density at radius 3 is 2.64 bits per heavy atom. The van der Waals surface area contributed by atoms with Gasteiger partial charge in [0.15, 0.2) is 11.4 Å². The van der Waals surface area contributed by atoms with Crippen LogP contribution < -0.4 is 4.90 Å². The van der Waals surface area contributed by atoms with Crippen molar-refractivity contribution >= 4 is 23.5 Å². The van der Waals surface area contributed by atoms with E-state index in [1.807, 2.05) is 24.3 Å². The quantitative estimate of drug-likeness (QED) is 0.734. The summed E-state index contributed by atoms with van der Waals surface area (Å²) in [6, 6.07) is 7.55. The van der Waals surface area contributed by atoms with E-state index in [9.17, 15) is 14.4 Å². The van der Waals surface area contributed by atoms with E-state index in [1.54, 1.807) is 31.7 Å². The molecule has 0 saturated carbocycles. The molecule has 1 spiro atoms. The summed E-state index contributed by atoms with van der Waals surface area (Å²) in [5.41, 5.74) is -1.19. The third-order valence-corrected chi connectivity index (χ3v) is 6.08. The minimum absolute atomic E-state index is 0.0958. The van der Waals surface area contributed by atoms with E-state index >= 15 is 0 Å². The smallest absolute Gasteiger partial charge is 0.412 e. The van der Waals surface area contributed by atoms with Gasteiger partial charge in [-0.3, -0.25) is 19.4 Å². The molecule has 0 radical (unpaired) electrons. The molecule has 1 aromatic carbocycles. The molecule has 3 heterocycles. The van der Waals surface area contributed by atoms with Crippen molar-refractivity contribution in [3.05, 3.63) is 42.5 Å². The first kappa shape index (κ1) is 18.7. The van der Waals surface area contributed by atoms with Gasteiger partial charge in [0.2, 0.25) is 5.91 Å². The summed E-state index contributed by atoms with van der Waals surface area (Å²) in [5, 5.41) is 0. The molecule has 0 unspecified atom stereocenters. The van der Waals surface area contributed by atoms with Crippen LogP contribution in [0.15, 0.2) is 36.9 Å². The lowest BCUT2D eigenvalue weighted by molar-refractivity contribution is -0.144. The molecule has 6 nitrogen and oxygen atoms in total. The Balaban J connectivity index is 1.93. The summed E-state index contributed by atoms with van der Waals surface area (Å²) in [5.74, 6) is -0.231. The standard InChI is InChI=1S/C22H26N2O4/c1-5-11-21-13-14-23(19(27)28-20(2,3)4)22(18(21)26)12-10-17(25)24(22)16-9-7-6-8-15(16)21/h5-9H,1,10-14H2,2-4H3/t21-,22+/m0/s1. The maximum atomic E-state index is 14.0. The third kappa shape index (κ3) is 2.30. The molecule has 2 saturated heterocycles. The van der Waals surface area contributed by atoms with Crippen LogP contribution in [0, 0.1) is 0 Å². The largest absolute Gasteiger partial charge is 0.444 e. The first-order chi connectivity index (χ1) is 13.2. The fraction of sp³-hybridized carbons (Fsp3) is 0.500. The van der Waals surface area contributed by atoms with Crippen LogP contribution in [0.2, 0.25) is 0 Å². The first-order valence-corrected chi connectivity index (χ1v) is 9.76. The minimum atomic E-state index is -1.31. The predicted octanol–water partition coefficient (Wildman–Crippen LogP) is 3.55. The molecule has 6 heteroatoms. The van der Waals surface area contributed by atoms with E-state index in [2.05, 4.69) is 6.58 Å². The number of piperidine rings is 1.